The van der Waals surface area contributed by atoms with Crippen molar-refractivity contribution in [3.05, 3.63) is 11.6 Å². The predicted octanol–water partition coefficient (Wildman–Crippen LogP) is 1.85. The van der Waals surface area contributed by atoms with Gasteiger partial charge in [0.15, 0.2) is 0 Å². The van der Waals surface area contributed by atoms with Crippen LogP contribution in [0, 0.1) is 0 Å². The van der Waals surface area contributed by atoms with E-state index in [1.807, 2.05) is 13.8 Å². The van der Waals surface area contributed by atoms with E-state index >= 15 is 0 Å². The topological polar surface area (TPSA) is 94.1 Å². The van der Waals surface area contributed by atoms with Crippen LogP contribution in [0.3, 0.4) is 0 Å². The summed E-state index contributed by atoms with van der Waals surface area (Å²) < 4.78 is 17.0. The van der Waals surface area contributed by atoms with Crippen molar-refractivity contribution in [2.75, 3.05) is 13.2 Å². The van der Waals surface area contributed by atoms with Crippen molar-refractivity contribution in [3.63, 3.8) is 0 Å². The summed E-state index contributed by atoms with van der Waals surface area (Å²) in [6, 6.07) is 0. The number of carbonyl (C=O) groups excluding carboxylic acids is 1. The Hall–Kier alpha value is -1.22. The summed E-state index contributed by atoms with van der Waals surface area (Å²) >= 11 is 0. The predicted molar refractivity (Wildman–Crippen MR) is 84.0 cm³/mol. The first kappa shape index (κ1) is 20.8. The van der Waals surface area contributed by atoms with Crippen molar-refractivity contribution in [2.24, 2.45) is 0 Å². The van der Waals surface area contributed by atoms with Gasteiger partial charge in [-0.05, 0) is 34.1 Å². The van der Waals surface area contributed by atoms with Crippen LogP contribution in [0.2, 0.25) is 0 Å². The maximum absolute atomic E-state index is 12.0. The number of amides is 1. The van der Waals surface area contributed by atoms with Crippen molar-refractivity contribution in [1.29, 1.82) is 0 Å². The van der Waals surface area contributed by atoms with E-state index in [0.717, 1.165) is 18.9 Å². The van der Waals surface area contributed by atoms with Crippen LogP contribution >= 0.6 is 0 Å². The molecule has 0 bridgehead atoms. The van der Waals surface area contributed by atoms with Crippen molar-refractivity contribution in [3.8, 4) is 0 Å². The van der Waals surface area contributed by atoms with Gasteiger partial charge in [0.1, 0.15) is 0 Å². The monoisotopic (exact) mass is 333 g/mol. The quantitative estimate of drug-likeness (QED) is 0.443. The highest BCUT2D eigenvalue weighted by atomic mass is 28.4. The summed E-state index contributed by atoms with van der Waals surface area (Å²) in [7, 11) is -3.40. The van der Waals surface area contributed by atoms with Crippen LogP contribution < -0.4 is 4.98 Å². The second-order valence-electron chi connectivity index (χ2n) is 4.76. The van der Waals surface area contributed by atoms with Gasteiger partial charge < -0.3 is 23.4 Å². The molecule has 0 aliphatic rings. The standard InChI is InChI=1S/C14H27NO6Si/c1-6-9-12(5)21-22(19-7-2,20-8-3)15-13(16)10-11(4)14(17)18/h10,12H,6-9H2,1-5H3,(H,15,16)(H,17,18)/b11-10-. The molecule has 0 radical (unpaired) electrons. The third-order valence-electron chi connectivity index (χ3n) is 2.68. The molecule has 1 atom stereocenters. The molecule has 0 aliphatic heterocycles. The zero-order valence-electron chi connectivity index (χ0n) is 14.0. The Balaban J connectivity index is 5.15. The zero-order chi connectivity index (χ0) is 17.2. The third kappa shape index (κ3) is 7.69. The summed E-state index contributed by atoms with van der Waals surface area (Å²) in [5.74, 6) is -1.76. The third-order valence-corrected chi connectivity index (χ3v) is 5.28. The Bertz CT molecular complexity index is 393. The molecule has 0 heterocycles. The van der Waals surface area contributed by atoms with Gasteiger partial charge in [-0.25, -0.2) is 4.79 Å². The molecule has 0 aliphatic carbocycles. The van der Waals surface area contributed by atoms with Gasteiger partial charge in [-0.2, -0.15) is 0 Å². The lowest BCUT2D eigenvalue weighted by atomic mass is 10.2. The van der Waals surface area contributed by atoms with Gasteiger partial charge in [0.05, 0.1) is 0 Å². The molecule has 8 heteroatoms. The number of nitrogens with one attached hydrogen (secondary N) is 1. The lowest BCUT2D eigenvalue weighted by Gasteiger charge is -2.30. The van der Waals surface area contributed by atoms with E-state index in [4.69, 9.17) is 18.4 Å². The van der Waals surface area contributed by atoms with Crippen LogP contribution in [0.15, 0.2) is 11.6 Å². The largest absolute Gasteiger partial charge is 0.633 e. The van der Waals surface area contributed by atoms with Gasteiger partial charge >= 0.3 is 14.9 Å². The number of aliphatic carboxylic acids is 1. The first-order valence-electron chi connectivity index (χ1n) is 7.49. The smallest absolute Gasteiger partial charge is 0.478 e. The van der Waals surface area contributed by atoms with Crippen LogP contribution in [0.5, 0.6) is 0 Å². The maximum Gasteiger partial charge on any atom is 0.633 e. The molecule has 0 fully saturated rings. The van der Waals surface area contributed by atoms with E-state index in [1.54, 1.807) is 13.8 Å². The molecule has 0 saturated carbocycles. The highest BCUT2D eigenvalue weighted by Gasteiger charge is 2.45. The van der Waals surface area contributed by atoms with E-state index < -0.39 is 20.8 Å². The van der Waals surface area contributed by atoms with Crippen molar-refractivity contribution in [2.45, 2.75) is 53.6 Å². The number of carbonyl (C=O) groups is 2. The lowest BCUT2D eigenvalue weighted by molar-refractivity contribution is -0.133. The average molecular weight is 333 g/mol. The zero-order valence-corrected chi connectivity index (χ0v) is 15.0. The van der Waals surface area contributed by atoms with E-state index in [2.05, 4.69) is 4.98 Å². The molecule has 0 aromatic rings. The number of hydrogen-bond acceptors (Lipinski definition) is 5. The second-order valence-corrected chi connectivity index (χ2v) is 6.94. The van der Waals surface area contributed by atoms with E-state index in [0.29, 0.717) is 13.2 Å². The number of carboxylic acids is 1. The molecule has 0 aromatic heterocycles. The molecule has 2 N–H and O–H groups in total. The number of hydrogen-bond donors (Lipinski definition) is 2. The highest BCUT2D eigenvalue weighted by Crippen LogP contribution is 2.13. The summed E-state index contributed by atoms with van der Waals surface area (Å²) in [6.45, 7) is 9.43. The Morgan fingerprint density at radius 1 is 1.23 bits per heavy atom. The van der Waals surface area contributed by atoms with Gasteiger partial charge in [0, 0.05) is 31.0 Å². The fourth-order valence-electron chi connectivity index (χ4n) is 1.77. The van der Waals surface area contributed by atoms with Crippen LogP contribution in [-0.2, 0) is 22.9 Å². The molecule has 0 rings (SSSR count). The molecular formula is C14H27NO6Si. The molecule has 1 unspecified atom stereocenters. The van der Waals surface area contributed by atoms with Crippen LogP contribution in [0.1, 0.15) is 47.5 Å². The molecule has 0 aromatic carbocycles. The molecule has 128 valence electrons. The molecule has 22 heavy (non-hydrogen) atoms. The minimum absolute atomic E-state index is 0.0741. The fraction of sp³-hybridized carbons (Fsp3) is 0.714. The lowest BCUT2D eigenvalue weighted by Crippen LogP contribution is -2.62. The Morgan fingerprint density at radius 3 is 2.18 bits per heavy atom. The SMILES string of the molecule is CCCC(C)O[Si](NC(=O)/C=C(/C)C(=O)O)(OCC)OCC. The van der Waals surface area contributed by atoms with Gasteiger partial charge in [-0.15, -0.1) is 0 Å². The molecule has 0 spiro atoms. The summed E-state index contributed by atoms with van der Waals surface area (Å²) in [6.07, 6.45) is 2.58. The fourth-order valence-corrected chi connectivity index (χ4v) is 3.97. The summed E-state index contributed by atoms with van der Waals surface area (Å²) in [4.78, 5) is 25.4. The Kier molecular flexibility index (Phi) is 9.91. The molecule has 7 nitrogen and oxygen atoms in total. The first-order valence-corrected chi connectivity index (χ1v) is 9.22. The average Bonchev–Trinajstić information content (AvgIpc) is 2.38. The van der Waals surface area contributed by atoms with Crippen molar-refractivity contribution >= 4 is 20.8 Å². The van der Waals surface area contributed by atoms with Gasteiger partial charge in [-0.1, -0.05) is 13.3 Å². The maximum atomic E-state index is 12.0. The number of carboxylic acid groups (broad SMARTS) is 1. The summed E-state index contributed by atoms with van der Waals surface area (Å²) in [5, 5.41) is 8.82. The van der Waals surface area contributed by atoms with Gasteiger partial charge in [-0.3, -0.25) is 4.79 Å². The second kappa shape index (κ2) is 10.5. The summed E-state index contributed by atoms with van der Waals surface area (Å²) in [5.41, 5.74) is -0.0741. The first-order chi connectivity index (χ1) is 10.3. The van der Waals surface area contributed by atoms with E-state index in [1.165, 1.54) is 6.92 Å². The Labute approximate surface area is 133 Å². The highest BCUT2D eigenvalue weighted by molar-refractivity contribution is 6.61. The minimum atomic E-state index is -3.40. The van der Waals surface area contributed by atoms with Crippen molar-refractivity contribution < 1.29 is 28.0 Å². The van der Waals surface area contributed by atoms with E-state index in [-0.39, 0.29) is 11.7 Å². The molecular weight excluding hydrogens is 306 g/mol. The number of rotatable bonds is 11. The normalized spacial score (nSPS) is 13.8. The minimum Gasteiger partial charge on any atom is -0.478 e. The van der Waals surface area contributed by atoms with Crippen LogP contribution in [0.25, 0.3) is 0 Å². The molecule has 0 saturated heterocycles. The van der Waals surface area contributed by atoms with Crippen molar-refractivity contribution in [1.82, 2.24) is 4.98 Å². The Morgan fingerprint density at radius 2 is 1.77 bits per heavy atom. The van der Waals surface area contributed by atoms with Crippen LogP contribution in [0.4, 0.5) is 0 Å². The van der Waals surface area contributed by atoms with Gasteiger partial charge in [0.25, 0.3) is 0 Å². The van der Waals surface area contributed by atoms with Crippen LogP contribution in [-0.4, -0.2) is 45.3 Å². The van der Waals surface area contributed by atoms with E-state index in [9.17, 15) is 9.59 Å². The van der Waals surface area contributed by atoms with Gasteiger partial charge in [0.2, 0.25) is 5.91 Å². The molecule has 1 amide bonds.